The first-order valence-corrected chi connectivity index (χ1v) is 10.1. The molecule has 2 saturated heterocycles. The van der Waals surface area contributed by atoms with E-state index in [2.05, 4.69) is 17.1 Å². The Morgan fingerprint density at radius 2 is 2.00 bits per heavy atom. The molecule has 6 heteroatoms. The monoisotopic (exact) mass is 381 g/mol. The molecule has 6 nitrogen and oxygen atoms in total. The Hall–Kier alpha value is -2.60. The van der Waals surface area contributed by atoms with Gasteiger partial charge in [-0.05, 0) is 69.6 Å². The quantitative estimate of drug-likeness (QED) is 0.859. The van der Waals surface area contributed by atoms with Crippen molar-refractivity contribution in [3.63, 3.8) is 0 Å². The van der Waals surface area contributed by atoms with E-state index in [0.717, 1.165) is 56.0 Å². The Morgan fingerprint density at radius 3 is 2.68 bits per heavy atom. The van der Waals surface area contributed by atoms with E-state index >= 15 is 0 Å². The maximum atomic E-state index is 12.7. The van der Waals surface area contributed by atoms with Crippen LogP contribution in [0.5, 0.6) is 0 Å². The summed E-state index contributed by atoms with van der Waals surface area (Å²) in [6.45, 7) is 4.63. The number of anilines is 2. The van der Waals surface area contributed by atoms with E-state index in [1.807, 2.05) is 41.3 Å². The number of carbonyl (C=O) groups excluding carboxylic acids is 2. The summed E-state index contributed by atoms with van der Waals surface area (Å²) >= 11 is 0. The van der Waals surface area contributed by atoms with Crippen molar-refractivity contribution < 1.29 is 14.0 Å². The van der Waals surface area contributed by atoms with Crippen molar-refractivity contribution >= 4 is 23.2 Å². The van der Waals surface area contributed by atoms with Crippen LogP contribution in [0.1, 0.15) is 38.4 Å². The molecule has 4 rings (SSSR count). The zero-order chi connectivity index (χ0) is 19.5. The number of rotatable bonds is 5. The van der Waals surface area contributed by atoms with E-state index in [0.29, 0.717) is 6.42 Å². The normalized spacial score (nSPS) is 21.2. The van der Waals surface area contributed by atoms with Crippen LogP contribution in [-0.2, 0) is 16.1 Å². The number of benzene rings is 1. The van der Waals surface area contributed by atoms with E-state index in [9.17, 15) is 9.59 Å². The zero-order valence-corrected chi connectivity index (χ0v) is 16.3. The first-order valence-electron chi connectivity index (χ1n) is 10.1. The molecule has 0 saturated carbocycles. The summed E-state index contributed by atoms with van der Waals surface area (Å²) in [7, 11) is 0. The minimum absolute atomic E-state index is 0.0175. The molecular formula is C22H27N3O3. The Morgan fingerprint density at radius 1 is 1.18 bits per heavy atom. The van der Waals surface area contributed by atoms with Gasteiger partial charge in [0, 0.05) is 29.8 Å². The van der Waals surface area contributed by atoms with E-state index < -0.39 is 0 Å². The van der Waals surface area contributed by atoms with Gasteiger partial charge in [0.15, 0.2) is 0 Å². The first-order chi connectivity index (χ1) is 13.6. The van der Waals surface area contributed by atoms with Crippen molar-refractivity contribution in [2.75, 3.05) is 23.3 Å². The number of likely N-dealkylation sites (tertiary alicyclic amines) is 1. The van der Waals surface area contributed by atoms with Crippen molar-refractivity contribution in [3.05, 3.63) is 48.4 Å². The summed E-state index contributed by atoms with van der Waals surface area (Å²) in [5.41, 5.74) is 1.62. The van der Waals surface area contributed by atoms with Crippen LogP contribution in [0.2, 0.25) is 0 Å². The van der Waals surface area contributed by atoms with Crippen molar-refractivity contribution in [2.45, 2.75) is 45.2 Å². The molecule has 1 aromatic carbocycles. The Bertz CT molecular complexity index is 825. The Balaban J connectivity index is 1.33. The molecule has 28 heavy (non-hydrogen) atoms. The third kappa shape index (κ3) is 4.12. The lowest BCUT2D eigenvalue weighted by Gasteiger charge is -2.30. The highest BCUT2D eigenvalue weighted by molar-refractivity contribution is 5.98. The summed E-state index contributed by atoms with van der Waals surface area (Å²) < 4.78 is 5.41. The molecule has 1 aromatic heterocycles. The molecule has 2 aromatic rings. The van der Waals surface area contributed by atoms with Crippen LogP contribution in [0.25, 0.3) is 0 Å². The van der Waals surface area contributed by atoms with E-state index in [1.54, 1.807) is 6.26 Å². The van der Waals surface area contributed by atoms with Gasteiger partial charge in [0.25, 0.3) is 0 Å². The van der Waals surface area contributed by atoms with Gasteiger partial charge in [-0.3, -0.25) is 14.5 Å². The van der Waals surface area contributed by atoms with Crippen molar-refractivity contribution in [1.82, 2.24) is 4.90 Å². The molecule has 2 amide bonds. The van der Waals surface area contributed by atoms with Crippen LogP contribution >= 0.6 is 0 Å². The molecule has 0 bridgehead atoms. The van der Waals surface area contributed by atoms with Crippen LogP contribution in [0.15, 0.2) is 47.1 Å². The topological polar surface area (TPSA) is 65.8 Å². The summed E-state index contributed by atoms with van der Waals surface area (Å²) in [5.74, 6) is 1.20. The molecule has 148 valence electrons. The number of furan rings is 1. The van der Waals surface area contributed by atoms with Gasteiger partial charge in [-0.15, -0.1) is 0 Å². The summed E-state index contributed by atoms with van der Waals surface area (Å²) in [4.78, 5) is 29.0. The highest BCUT2D eigenvalue weighted by atomic mass is 16.3. The molecule has 2 aliphatic heterocycles. The molecule has 0 radical (unpaired) electrons. The SMILES string of the molecule is CC1CCC(=O)N1c1cccc(NC(=O)C2CCN(Cc3ccco3)CC2)c1. The highest BCUT2D eigenvalue weighted by Crippen LogP contribution is 2.29. The Kier molecular flexibility index (Phi) is 5.48. The minimum atomic E-state index is 0.0175. The molecule has 1 unspecified atom stereocenters. The number of hydrogen-bond acceptors (Lipinski definition) is 4. The van der Waals surface area contributed by atoms with Crippen LogP contribution < -0.4 is 10.2 Å². The van der Waals surface area contributed by atoms with Crippen molar-refractivity contribution in [2.24, 2.45) is 5.92 Å². The van der Waals surface area contributed by atoms with Gasteiger partial charge in [0.2, 0.25) is 11.8 Å². The lowest BCUT2D eigenvalue weighted by atomic mass is 9.95. The molecule has 1 atom stereocenters. The summed E-state index contributed by atoms with van der Waals surface area (Å²) in [6.07, 6.45) is 4.85. The van der Waals surface area contributed by atoms with Crippen LogP contribution in [-0.4, -0.2) is 35.8 Å². The molecule has 0 spiro atoms. The molecule has 2 fully saturated rings. The third-order valence-electron chi connectivity index (χ3n) is 5.80. The number of amides is 2. The molecule has 2 aliphatic rings. The van der Waals surface area contributed by atoms with Crippen LogP contribution in [0.3, 0.4) is 0 Å². The largest absolute Gasteiger partial charge is 0.468 e. The maximum Gasteiger partial charge on any atom is 0.227 e. The lowest BCUT2D eigenvalue weighted by molar-refractivity contribution is -0.121. The Labute approximate surface area is 165 Å². The predicted octanol–water partition coefficient (Wildman–Crippen LogP) is 3.65. The smallest absolute Gasteiger partial charge is 0.227 e. The van der Waals surface area contributed by atoms with Crippen molar-refractivity contribution in [3.8, 4) is 0 Å². The van der Waals surface area contributed by atoms with Gasteiger partial charge in [0.1, 0.15) is 5.76 Å². The van der Waals surface area contributed by atoms with Gasteiger partial charge in [-0.2, -0.15) is 0 Å². The predicted molar refractivity (Wildman–Crippen MR) is 108 cm³/mol. The van der Waals surface area contributed by atoms with Gasteiger partial charge in [-0.1, -0.05) is 6.07 Å². The number of carbonyl (C=O) groups is 2. The average molecular weight is 381 g/mol. The minimum Gasteiger partial charge on any atom is -0.468 e. The fraction of sp³-hybridized carbons (Fsp3) is 0.455. The number of piperidine rings is 1. The first kappa shape index (κ1) is 18.7. The van der Waals surface area contributed by atoms with Gasteiger partial charge in [0.05, 0.1) is 12.8 Å². The molecular weight excluding hydrogens is 354 g/mol. The molecule has 3 heterocycles. The standard InChI is InChI=1S/C22H27N3O3/c1-16-7-8-21(26)25(16)19-5-2-4-18(14-19)23-22(27)17-9-11-24(12-10-17)15-20-6-3-13-28-20/h2-6,13-14,16-17H,7-12,15H2,1H3,(H,23,27). The zero-order valence-electron chi connectivity index (χ0n) is 16.3. The van der Waals surface area contributed by atoms with Crippen LogP contribution in [0, 0.1) is 5.92 Å². The van der Waals surface area contributed by atoms with Gasteiger partial charge in [-0.25, -0.2) is 0 Å². The second-order valence-electron chi connectivity index (χ2n) is 7.82. The van der Waals surface area contributed by atoms with Gasteiger partial charge < -0.3 is 14.6 Å². The molecule has 0 aliphatic carbocycles. The van der Waals surface area contributed by atoms with Gasteiger partial charge >= 0.3 is 0 Å². The van der Waals surface area contributed by atoms with Crippen LogP contribution in [0.4, 0.5) is 11.4 Å². The second-order valence-corrected chi connectivity index (χ2v) is 7.82. The molecule has 1 N–H and O–H groups in total. The van der Waals surface area contributed by atoms with Crippen molar-refractivity contribution in [1.29, 1.82) is 0 Å². The fourth-order valence-electron chi connectivity index (χ4n) is 4.18. The summed E-state index contributed by atoms with van der Waals surface area (Å²) in [5, 5.41) is 3.05. The maximum absolute atomic E-state index is 12.7. The fourth-order valence-corrected chi connectivity index (χ4v) is 4.18. The van der Waals surface area contributed by atoms with E-state index in [1.165, 1.54) is 0 Å². The second kappa shape index (κ2) is 8.19. The van der Waals surface area contributed by atoms with E-state index in [-0.39, 0.29) is 23.8 Å². The highest BCUT2D eigenvalue weighted by Gasteiger charge is 2.29. The lowest BCUT2D eigenvalue weighted by Crippen LogP contribution is -2.37. The third-order valence-corrected chi connectivity index (χ3v) is 5.80. The number of nitrogens with one attached hydrogen (secondary N) is 1. The summed E-state index contributed by atoms with van der Waals surface area (Å²) in [6, 6.07) is 11.7. The number of hydrogen-bond donors (Lipinski definition) is 1. The van der Waals surface area contributed by atoms with E-state index in [4.69, 9.17) is 4.42 Å². The number of nitrogens with zero attached hydrogens (tertiary/aromatic N) is 2. The average Bonchev–Trinajstić information content (AvgIpc) is 3.32.